The van der Waals surface area contributed by atoms with Crippen molar-refractivity contribution in [1.29, 1.82) is 0 Å². The van der Waals surface area contributed by atoms with Crippen molar-refractivity contribution in [3.63, 3.8) is 0 Å². The van der Waals surface area contributed by atoms with Gasteiger partial charge < -0.3 is 14.8 Å². The molecule has 6 heteroatoms. The highest BCUT2D eigenvalue weighted by Gasteiger charge is 2.31. The number of rotatable bonds is 6. The predicted octanol–water partition coefficient (Wildman–Crippen LogP) is 6.08. The number of hydrogen-bond donors (Lipinski definition) is 1. The van der Waals surface area contributed by atoms with E-state index in [9.17, 15) is 9.59 Å². The Bertz CT molecular complexity index is 1140. The molecule has 1 aliphatic carbocycles. The molecule has 176 valence electrons. The second-order valence-corrected chi connectivity index (χ2v) is 10.6. The minimum absolute atomic E-state index is 0.0469. The maximum Gasteiger partial charge on any atom is 0.407 e. The summed E-state index contributed by atoms with van der Waals surface area (Å²) >= 11 is 2.23. The molecule has 1 amide bonds. The molecule has 34 heavy (non-hydrogen) atoms. The summed E-state index contributed by atoms with van der Waals surface area (Å²) in [6, 6.07) is 23.3. The highest BCUT2D eigenvalue weighted by molar-refractivity contribution is 14.1. The molecule has 0 radical (unpaired) electrons. The molecule has 0 aromatic heterocycles. The highest BCUT2D eigenvalue weighted by atomic mass is 127. The van der Waals surface area contributed by atoms with Crippen LogP contribution < -0.4 is 5.32 Å². The number of benzene rings is 3. The first-order chi connectivity index (χ1) is 16.2. The summed E-state index contributed by atoms with van der Waals surface area (Å²) in [5.74, 6) is -0.533. The highest BCUT2D eigenvalue weighted by Crippen LogP contribution is 2.44. The first kappa shape index (κ1) is 24.3. The van der Waals surface area contributed by atoms with Crippen LogP contribution in [0.1, 0.15) is 43.4 Å². The van der Waals surface area contributed by atoms with Crippen LogP contribution in [0.4, 0.5) is 4.79 Å². The van der Waals surface area contributed by atoms with E-state index < -0.39 is 23.7 Å². The Kier molecular flexibility index (Phi) is 7.26. The van der Waals surface area contributed by atoms with Gasteiger partial charge in [0.2, 0.25) is 0 Å². The Hall–Kier alpha value is -2.87. The van der Waals surface area contributed by atoms with Gasteiger partial charge in [0.15, 0.2) is 0 Å². The SMILES string of the molecule is CC(C)(C)OC(=O)C(Cc1ccc(I)cc1)NC(=O)OCC1c2ccccc2-c2ccccc21. The van der Waals surface area contributed by atoms with Crippen molar-refractivity contribution >= 4 is 34.7 Å². The van der Waals surface area contributed by atoms with Crippen molar-refractivity contribution in [2.45, 2.75) is 44.8 Å². The van der Waals surface area contributed by atoms with E-state index >= 15 is 0 Å². The van der Waals surface area contributed by atoms with Gasteiger partial charge in [0.1, 0.15) is 18.2 Å². The molecule has 3 aromatic carbocycles. The van der Waals surface area contributed by atoms with Crippen molar-refractivity contribution in [2.24, 2.45) is 0 Å². The van der Waals surface area contributed by atoms with Crippen LogP contribution in [0, 0.1) is 3.57 Å². The van der Waals surface area contributed by atoms with E-state index in [1.165, 1.54) is 0 Å². The lowest BCUT2D eigenvalue weighted by atomic mass is 9.98. The van der Waals surface area contributed by atoms with Gasteiger partial charge in [-0.25, -0.2) is 9.59 Å². The lowest BCUT2D eigenvalue weighted by Crippen LogP contribution is -2.46. The summed E-state index contributed by atoms with van der Waals surface area (Å²) in [6.07, 6.45) is -0.320. The van der Waals surface area contributed by atoms with Crippen LogP contribution in [0.3, 0.4) is 0 Å². The zero-order valence-corrected chi connectivity index (χ0v) is 21.7. The monoisotopic (exact) mass is 569 g/mol. The molecule has 0 fully saturated rings. The Morgan fingerprint density at radius 3 is 2.03 bits per heavy atom. The van der Waals surface area contributed by atoms with E-state index in [0.717, 1.165) is 31.4 Å². The number of alkyl carbamates (subject to hydrolysis) is 1. The van der Waals surface area contributed by atoms with Gasteiger partial charge >= 0.3 is 12.1 Å². The Labute approximate surface area is 214 Å². The molecule has 1 N–H and O–H groups in total. The number of fused-ring (bicyclic) bond motifs is 3. The Balaban J connectivity index is 1.46. The second-order valence-electron chi connectivity index (χ2n) is 9.39. The number of esters is 1. The predicted molar refractivity (Wildman–Crippen MR) is 141 cm³/mol. The fourth-order valence-electron chi connectivity index (χ4n) is 4.20. The summed E-state index contributed by atoms with van der Waals surface area (Å²) in [5, 5.41) is 2.74. The molecular weight excluding hydrogens is 541 g/mol. The second kappa shape index (κ2) is 10.2. The first-order valence-corrected chi connectivity index (χ1v) is 12.4. The van der Waals surface area contributed by atoms with Crippen LogP contribution in [0.5, 0.6) is 0 Å². The number of hydrogen-bond acceptors (Lipinski definition) is 4. The van der Waals surface area contributed by atoms with E-state index in [1.807, 2.05) is 48.5 Å². The van der Waals surface area contributed by atoms with E-state index in [4.69, 9.17) is 9.47 Å². The number of carbonyl (C=O) groups excluding carboxylic acids is 2. The van der Waals surface area contributed by atoms with Gasteiger partial charge in [-0.05, 0) is 83.3 Å². The molecule has 0 aliphatic heterocycles. The number of halogens is 1. The van der Waals surface area contributed by atoms with E-state index in [2.05, 4.69) is 52.2 Å². The summed E-state index contributed by atoms with van der Waals surface area (Å²) in [6.45, 7) is 5.60. The van der Waals surface area contributed by atoms with E-state index in [0.29, 0.717) is 6.42 Å². The van der Waals surface area contributed by atoms with Crippen LogP contribution in [0.25, 0.3) is 11.1 Å². The average Bonchev–Trinajstić information content (AvgIpc) is 3.11. The van der Waals surface area contributed by atoms with Gasteiger partial charge in [-0.1, -0.05) is 60.7 Å². The molecule has 4 rings (SSSR count). The maximum absolute atomic E-state index is 12.9. The number of carbonyl (C=O) groups is 2. The smallest absolute Gasteiger partial charge is 0.407 e. The third-order valence-electron chi connectivity index (χ3n) is 5.68. The minimum Gasteiger partial charge on any atom is -0.458 e. The molecule has 0 bridgehead atoms. The molecular formula is C28H28INO4. The molecule has 5 nitrogen and oxygen atoms in total. The summed E-state index contributed by atoms with van der Waals surface area (Å²) in [4.78, 5) is 25.7. The maximum atomic E-state index is 12.9. The van der Waals surface area contributed by atoms with Crippen LogP contribution in [-0.4, -0.2) is 30.3 Å². The normalized spacial score (nSPS) is 13.5. The van der Waals surface area contributed by atoms with E-state index in [-0.39, 0.29) is 12.5 Å². The molecule has 1 aliphatic rings. The lowest BCUT2D eigenvalue weighted by Gasteiger charge is -2.25. The van der Waals surface area contributed by atoms with Crippen molar-refractivity contribution < 1.29 is 19.1 Å². The molecule has 1 atom stereocenters. The van der Waals surface area contributed by atoms with Crippen LogP contribution in [-0.2, 0) is 20.7 Å². The van der Waals surface area contributed by atoms with Gasteiger partial charge in [0.05, 0.1) is 0 Å². The Morgan fingerprint density at radius 1 is 0.912 bits per heavy atom. The van der Waals surface area contributed by atoms with Crippen molar-refractivity contribution in [3.05, 3.63) is 93.1 Å². The van der Waals surface area contributed by atoms with Crippen LogP contribution in [0.2, 0.25) is 0 Å². The van der Waals surface area contributed by atoms with Gasteiger partial charge in [-0.2, -0.15) is 0 Å². The summed E-state index contributed by atoms with van der Waals surface area (Å²) < 4.78 is 12.3. The molecule has 0 saturated carbocycles. The van der Waals surface area contributed by atoms with Crippen LogP contribution in [0.15, 0.2) is 72.8 Å². The van der Waals surface area contributed by atoms with Crippen molar-refractivity contribution in [2.75, 3.05) is 6.61 Å². The van der Waals surface area contributed by atoms with Gasteiger partial charge in [0.25, 0.3) is 0 Å². The number of ether oxygens (including phenoxy) is 2. The minimum atomic E-state index is -0.852. The quantitative estimate of drug-likeness (QED) is 0.289. The molecule has 0 saturated heterocycles. The third kappa shape index (κ3) is 5.78. The van der Waals surface area contributed by atoms with Gasteiger partial charge in [0, 0.05) is 15.9 Å². The first-order valence-electron chi connectivity index (χ1n) is 11.3. The fourth-order valence-corrected chi connectivity index (χ4v) is 4.56. The zero-order chi connectivity index (χ0) is 24.3. The van der Waals surface area contributed by atoms with Crippen molar-refractivity contribution in [1.82, 2.24) is 5.32 Å². The largest absolute Gasteiger partial charge is 0.458 e. The molecule has 1 unspecified atom stereocenters. The fraction of sp³-hybridized carbons (Fsp3) is 0.286. The standard InChI is InChI=1S/C28H28INO4/c1-28(2,3)34-26(31)25(16-18-12-14-19(29)15-13-18)30-27(32)33-17-24-22-10-6-4-8-20(22)21-9-5-7-11-23(21)24/h4-15,24-25H,16-17H2,1-3H3,(H,30,32). The zero-order valence-electron chi connectivity index (χ0n) is 19.5. The number of nitrogens with one attached hydrogen (secondary N) is 1. The average molecular weight is 569 g/mol. The Morgan fingerprint density at radius 2 is 1.47 bits per heavy atom. The van der Waals surface area contributed by atoms with Gasteiger partial charge in [-0.3, -0.25) is 0 Å². The summed E-state index contributed by atoms with van der Waals surface area (Å²) in [5.41, 5.74) is 4.87. The molecule has 0 heterocycles. The number of amides is 1. The van der Waals surface area contributed by atoms with Crippen molar-refractivity contribution in [3.8, 4) is 11.1 Å². The molecule has 3 aromatic rings. The lowest BCUT2D eigenvalue weighted by molar-refractivity contribution is -0.157. The molecule has 0 spiro atoms. The summed E-state index contributed by atoms with van der Waals surface area (Å²) in [7, 11) is 0. The third-order valence-corrected chi connectivity index (χ3v) is 6.40. The van der Waals surface area contributed by atoms with Gasteiger partial charge in [-0.15, -0.1) is 0 Å². The van der Waals surface area contributed by atoms with E-state index in [1.54, 1.807) is 20.8 Å². The topological polar surface area (TPSA) is 64.6 Å². The van der Waals surface area contributed by atoms with Crippen LogP contribution >= 0.6 is 22.6 Å².